The molecule has 3 nitrogen and oxygen atoms in total. The molecule has 0 saturated heterocycles. The van der Waals surface area contributed by atoms with Gasteiger partial charge in [-0.05, 0) is 37.8 Å². The largest absolute Gasteiger partial charge is 0.469 e. The quantitative estimate of drug-likeness (QED) is 0.795. The lowest BCUT2D eigenvalue weighted by molar-refractivity contribution is -0.155. The van der Waals surface area contributed by atoms with Crippen LogP contribution in [0.3, 0.4) is 0 Å². The molecule has 2 rings (SSSR count). The highest BCUT2D eigenvalue weighted by molar-refractivity contribution is 5.74. The number of hydrogen-bond acceptors (Lipinski definition) is 3. The standard InChI is InChI=1S/C14H18O3/c1-9-4-5-11-6-7-14(16,12(11)8-9)10(2)13(15)17-3/h4-5,8,10,16H,6-7H2,1-3H3. The molecule has 2 unspecified atom stereocenters. The van der Waals surface area contributed by atoms with Crippen molar-refractivity contribution in [2.75, 3.05) is 7.11 Å². The number of aliphatic hydroxyl groups is 1. The van der Waals surface area contributed by atoms with E-state index < -0.39 is 11.5 Å². The second-order valence-electron chi connectivity index (χ2n) is 4.83. The van der Waals surface area contributed by atoms with Gasteiger partial charge in [-0.15, -0.1) is 0 Å². The Morgan fingerprint density at radius 1 is 1.53 bits per heavy atom. The molecule has 1 aromatic carbocycles. The zero-order chi connectivity index (χ0) is 12.6. The van der Waals surface area contributed by atoms with Crippen LogP contribution in [0, 0.1) is 12.8 Å². The van der Waals surface area contributed by atoms with E-state index in [9.17, 15) is 9.90 Å². The lowest BCUT2D eigenvalue weighted by Crippen LogP contribution is -2.36. The molecule has 1 aromatic rings. The highest BCUT2D eigenvalue weighted by atomic mass is 16.5. The van der Waals surface area contributed by atoms with Crippen LogP contribution < -0.4 is 0 Å². The number of ether oxygens (including phenoxy) is 1. The highest BCUT2D eigenvalue weighted by Gasteiger charge is 2.45. The minimum Gasteiger partial charge on any atom is -0.469 e. The lowest BCUT2D eigenvalue weighted by Gasteiger charge is -2.29. The molecule has 0 saturated carbocycles. The summed E-state index contributed by atoms with van der Waals surface area (Å²) in [6, 6.07) is 6.04. The number of hydrogen-bond donors (Lipinski definition) is 1. The first-order valence-corrected chi connectivity index (χ1v) is 5.89. The van der Waals surface area contributed by atoms with Crippen molar-refractivity contribution in [3.05, 3.63) is 34.9 Å². The second kappa shape index (κ2) is 4.15. The van der Waals surface area contributed by atoms with E-state index in [2.05, 4.69) is 0 Å². The van der Waals surface area contributed by atoms with Gasteiger partial charge in [0.15, 0.2) is 0 Å². The smallest absolute Gasteiger partial charge is 0.311 e. The Bertz CT molecular complexity index is 453. The van der Waals surface area contributed by atoms with Gasteiger partial charge in [-0.3, -0.25) is 4.79 Å². The number of carbonyl (C=O) groups excluding carboxylic acids is 1. The van der Waals surface area contributed by atoms with Crippen molar-refractivity contribution in [2.45, 2.75) is 32.3 Å². The molecule has 0 amide bonds. The van der Waals surface area contributed by atoms with E-state index in [-0.39, 0.29) is 5.97 Å². The zero-order valence-electron chi connectivity index (χ0n) is 10.5. The summed E-state index contributed by atoms with van der Waals surface area (Å²) in [5, 5.41) is 10.7. The molecule has 92 valence electrons. The molecular formula is C14H18O3. The van der Waals surface area contributed by atoms with E-state index in [0.717, 1.165) is 23.1 Å². The van der Waals surface area contributed by atoms with Crippen LogP contribution in [0.5, 0.6) is 0 Å². The van der Waals surface area contributed by atoms with Gasteiger partial charge in [-0.25, -0.2) is 0 Å². The summed E-state index contributed by atoms with van der Waals surface area (Å²) in [5.41, 5.74) is 2.04. The number of esters is 1. The van der Waals surface area contributed by atoms with Crippen LogP contribution in [0.2, 0.25) is 0 Å². The Kier molecular flexibility index (Phi) is 2.96. The molecule has 3 heteroatoms. The highest BCUT2D eigenvalue weighted by Crippen LogP contribution is 2.42. The summed E-state index contributed by atoms with van der Waals surface area (Å²) >= 11 is 0. The van der Waals surface area contributed by atoms with Gasteiger partial charge in [-0.1, -0.05) is 23.8 Å². The van der Waals surface area contributed by atoms with Crippen LogP contribution in [0.25, 0.3) is 0 Å². The SMILES string of the molecule is COC(=O)C(C)C1(O)CCc2ccc(C)cc21. The van der Waals surface area contributed by atoms with Crippen LogP contribution in [0.1, 0.15) is 30.0 Å². The fourth-order valence-electron chi connectivity index (χ4n) is 2.59. The third-order valence-corrected chi connectivity index (χ3v) is 3.78. The van der Waals surface area contributed by atoms with Crippen molar-refractivity contribution < 1.29 is 14.6 Å². The molecule has 0 heterocycles. The number of methoxy groups -OCH3 is 1. The molecule has 0 bridgehead atoms. The average molecular weight is 234 g/mol. The minimum absolute atomic E-state index is 0.359. The summed E-state index contributed by atoms with van der Waals surface area (Å²) in [4.78, 5) is 11.6. The lowest BCUT2D eigenvalue weighted by atomic mass is 9.83. The van der Waals surface area contributed by atoms with E-state index in [4.69, 9.17) is 4.74 Å². The zero-order valence-corrected chi connectivity index (χ0v) is 10.5. The first-order chi connectivity index (χ1) is 7.99. The maximum Gasteiger partial charge on any atom is 0.311 e. The summed E-state index contributed by atoms with van der Waals surface area (Å²) in [6.45, 7) is 3.71. The van der Waals surface area contributed by atoms with Crippen molar-refractivity contribution in [2.24, 2.45) is 5.92 Å². The average Bonchev–Trinajstić information content (AvgIpc) is 2.66. The normalized spacial score (nSPS) is 24.2. The van der Waals surface area contributed by atoms with E-state index in [1.807, 2.05) is 25.1 Å². The molecule has 1 aliphatic carbocycles. The summed E-state index contributed by atoms with van der Waals surface area (Å²) < 4.78 is 4.74. The third kappa shape index (κ3) is 1.84. The fourth-order valence-corrected chi connectivity index (χ4v) is 2.59. The number of rotatable bonds is 2. The molecule has 2 atom stereocenters. The number of benzene rings is 1. The molecular weight excluding hydrogens is 216 g/mol. The maximum absolute atomic E-state index is 11.6. The number of carbonyl (C=O) groups is 1. The Morgan fingerprint density at radius 3 is 2.88 bits per heavy atom. The van der Waals surface area contributed by atoms with Crippen LogP contribution in [-0.2, 0) is 21.6 Å². The predicted molar refractivity (Wildman–Crippen MR) is 64.6 cm³/mol. The Hall–Kier alpha value is -1.35. The van der Waals surface area contributed by atoms with Crippen molar-refractivity contribution in [1.29, 1.82) is 0 Å². The van der Waals surface area contributed by atoms with Crippen molar-refractivity contribution >= 4 is 5.97 Å². The molecule has 1 N–H and O–H groups in total. The molecule has 17 heavy (non-hydrogen) atoms. The fraction of sp³-hybridized carbons (Fsp3) is 0.500. The molecule has 0 radical (unpaired) electrons. The number of fused-ring (bicyclic) bond motifs is 1. The first-order valence-electron chi connectivity index (χ1n) is 5.89. The Labute approximate surface area is 101 Å². The summed E-state index contributed by atoms with van der Waals surface area (Å²) in [5.74, 6) is -0.891. The van der Waals surface area contributed by atoms with Gasteiger partial charge >= 0.3 is 5.97 Å². The molecule has 0 aromatic heterocycles. The monoisotopic (exact) mass is 234 g/mol. The number of aryl methyl sites for hydroxylation is 2. The van der Waals surface area contributed by atoms with Crippen LogP contribution >= 0.6 is 0 Å². The van der Waals surface area contributed by atoms with Crippen LogP contribution in [0.15, 0.2) is 18.2 Å². The molecule has 0 fully saturated rings. The summed E-state index contributed by atoms with van der Waals surface area (Å²) in [6.07, 6.45) is 1.40. The van der Waals surface area contributed by atoms with Crippen molar-refractivity contribution in [3.8, 4) is 0 Å². The van der Waals surface area contributed by atoms with E-state index >= 15 is 0 Å². The third-order valence-electron chi connectivity index (χ3n) is 3.78. The van der Waals surface area contributed by atoms with Crippen molar-refractivity contribution in [3.63, 3.8) is 0 Å². The maximum atomic E-state index is 11.6. The van der Waals surface area contributed by atoms with Gasteiger partial charge in [-0.2, -0.15) is 0 Å². The minimum atomic E-state index is -1.07. The Morgan fingerprint density at radius 2 is 2.24 bits per heavy atom. The molecule has 1 aliphatic rings. The van der Waals surface area contributed by atoms with Gasteiger partial charge in [0.05, 0.1) is 13.0 Å². The van der Waals surface area contributed by atoms with Gasteiger partial charge in [0, 0.05) is 0 Å². The van der Waals surface area contributed by atoms with Crippen LogP contribution in [-0.4, -0.2) is 18.2 Å². The van der Waals surface area contributed by atoms with Gasteiger partial charge in [0.25, 0.3) is 0 Å². The van der Waals surface area contributed by atoms with Gasteiger partial charge < -0.3 is 9.84 Å². The Balaban J connectivity index is 2.43. The second-order valence-corrected chi connectivity index (χ2v) is 4.83. The molecule has 0 aliphatic heterocycles. The van der Waals surface area contributed by atoms with Crippen molar-refractivity contribution in [1.82, 2.24) is 0 Å². The van der Waals surface area contributed by atoms with Gasteiger partial charge in [0.1, 0.15) is 5.60 Å². The topological polar surface area (TPSA) is 46.5 Å². The molecule has 0 spiro atoms. The van der Waals surface area contributed by atoms with E-state index in [0.29, 0.717) is 6.42 Å². The van der Waals surface area contributed by atoms with Gasteiger partial charge in [0.2, 0.25) is 0 Å². The van der Waals surface area contributed by atoms with E-state index in [1.165, 1.54) is 7.11 Å². The predicted octanol–water partition coefficient (Wildman–Crippen LogP) is 1.94. The van der Waals surface area contributed by atoms with Crippen LogP contribution in [0.4, 0.5) is 0 Å². The van der Waals surface area contributed by atoms with E-state index in [1.54, 1.807) is 6.92 Å². The first kappa shape index (κ1) is 12.1. The summed E-state index contributed by atoms with van der Waals surface area (Å²) in [7, 11) is 1.36.